The molecule has 0 aliphatic heterocycles. The minimum absolute atomic E-state index is 0.0154. The predicted octanol–water partition coefficient (Wildman–Crippen LogP) is 3.96. The average Bonchev–Trinajstić information content (AvgIpc) is 2.70. The summed E-state index contributed by atoms with van der Waals surface area (Å²) in [6.07, 6.45) is -0.365. The molecule has 1 aromatic heterocycles. The van der Waals surface area contributed by atoms with Crippen LogP contribution in [0.4, 0.5) is 4.79 Å². The van der Waals surface area contributed by atoms with Gasteiger partial charge in [0, 0.05) is 23.5 Å². The number of carbonyl (C=O) groups is 1. The molecule has 0 fully saturated rings. The van der Waals surface area contributed by atoms with E-state index in [-0.39, 0.29) is 18.2 Å². The molecular weight excluding hydrogens is 310 g/mol. The second kappa shape index (κ2) is 8.11. The molecule has 0 aliphatic carbocycles. The number of hydrogen-bond donors (Lipinski definition) is 2. The molecule has 2 N–H and O–H groups in total. The van der Waals surface area contributed by atoms with E-state index in [1.807, 2.05) is 34.6 Å². The van der Waals surface area contributed by atoms with Gasteiger partial charge in [0.2, 0.25) is 0 Å². The summed E-state index contributed by atoms with van der Waals surface area (Å²) in [6.45, 7) is 16.7. The van der Waals surface area contributed by atoms with Crippen molar-refractivity contribution < 1.29 is 9.53 Å². The quantitative estimate of drug-likeness (QED) is 0.822. The van der Waals surface area contributed by atoms with Crippen LogP contribution in [0.15, 0.2) is 0 Å². The zero-order valence-corrected chi connectivity index (χ0v) is 16.4. The smallest absolute Gasteiger partial charge is 0.407 e. The fraction of sp³-hybridized carbons (Fsp3) is 0.765. The van der Waals surface area contributed by atoms with Crippen LogP contribution in [0.25, 0.3) is 0 Å². The lowest BCUT2D eigenvalue weighted by molar-refractivity contribution is 0.0489. The van der Waals surface area contributed by atoms with Gasteiger partial charge in [-0.3, -0.25) is 0 Å². The minimum Gasteiger partial charge on any atom is -0.444 e. The molecule has 6 heteroatoms. The van der Waals surface area contributed by atoms with Crippen molar-refractivity contribution in [1.29, 1.82) is 0 Å². The molecule has 23 heavy (non-hydrogen) atoms. The lowest BCUT2D eigenvalue weighted by Crippen LogP contribution is -2.47. The summed E-state index contributed by atoms with van der Waals surface area (Å²) in [6, 6.07) is 0.226. The number of aryl methyl sites for hydroxylation is 2. The molecule has 132 valence electrons. The molecule has 2 unspecified atom stereocenters. The molecule has 0 spiro atoms. The monoisotopic (exact) mass is 341 g/mol. The van der Waals surface area contributed by atoms with Gasteiger partial charge in [-0.1, -0.05) is 13.8 Å². The minimum atomic E-state index is -0.483. The van der Waals surface area contributed by atoms with Crippen molar-refractivity contribution >= 4 is 17.4 Å². The topological polar surface area (TPSA) is 63.2 Å². The average molecular weight is 342 g/mol. The summed E-state index contributed by atoms with van der Waals surface area (Å²) >= 11 is 1.72. The Morgan fingerprint density at radius 1 is 1.26 bits per heavy atom. The number of amides is 1. The number of alkyl carbamates (subject to hydrolysis) is 1. The fourth-order valence-corrected chi connectivity index (χ4v) is 3.21. The summed E-state index contributed by atoms with van der Waals surface area (Å²) in [5.74, 6) is 0.312. The summed E-state index contributed by atoms with van der Waals surface area (Å²) in [4.78, 5) is 17.7. The van der Waals surface area contributed by atoms with Gasteiger partial charge in [0.1, 0.15) is 5.60 Å². The second-order valence-electron chi connectivity index (χ2n) is 7.31. The Bertz CT molecular complexity index is 520. The van der Waals surface area contributed by atoms with Gasteiger partial charge in [-0.2, -0.15) is 0 Å². The number of carbonyl (C=O) groups excluding carboxylic acids is 1. The normalized spacial score (nSPS) is 14.7. The SMILES string of the molecule is Cc1nc(C)c(C(C)NCC(NC(=O)OC(C)(C)C)C(C)C)s1. The van der Waals surface area contributed by atoms with Crippen LogP contribution >= 0.6 is 11.3 Å². The van der Waals surface area contributed by atoms with Crippen molar-refractivity contribution in [2.75, 3.05) is 6.54 Å². The van der Waals surface area contributed by atoms with Crippen LogP contribution in [0.3, 0.4) is 0 Å². The molecule has 0 saturated heterocycles. The Balaban J connectivity index is 2.59. The molecule has 0 bridgehead atoms. The van der Waals surface area contributed by atoms with E-state index < -0.39 is 5.60 Å². The molecule has 1 amide bonds. The Labute approximate surface area is 144 Å². The van der Waals surface area contributed by atoms with E-state index >= 15 is 0 Å². The van der Waals surface area contributed by atoms with E-state index in [0.29, 0.717) is 12.5 Å². The number of rotatable bonds is 6. The number of ether oxygens (including phenoxy) is 1. The van der Waals surface area contributed by atoms with Crippen molar-refractivity contribution in [3.63, 3.8) is 0 Å². The maximum atomic E-state index is 12.0. The van der Waals surface area contributed by atoms with Crippen LogP contribution in [0.2, 0.25) is 0 Å². The molecule has 0 radical (unpaired) electrons. The maximum Gasteiger partial charge on any atom is 0.407 e. The molecule has 0 aliphatic rings. The van der Waals surface area contributed by atoms with Crippen molar-refractivity contribution in [3.8, 4) is 0 Å². The van der Waals surface area contributed by atoms with Gasteiger partial charge < -0.3 is 15.4 Å². The summed E-state index contributed by atoms with van der Waals surface area (Å²) in [5.41, 5.74) is 0.595. The van der Waals surface area contributed by atoms with Gasteiger partial charge in [-0.05, 0) is 47.5 Å². The largest absolute Gasteiger partial charge is 0.444 e. The van der Waals surface area contributed by atoms with Crippen LogP contribution in [-0.4, -0.2) is 29.3 Å². The summed E-state index contributed by atoms with van der Waals surface area (Å²) in [5, 5.41) is 7.55. The van der Waals surface area contributed by atoms with Crippen LogP contribution < -0.4 is 10.6 Å². The van der Waals surface area contributed by atoms with Crippen molar-refractivity contribution in [2.24, 2.45) is 5.92 Å². The molecule has 1 aromatic rings. The highest BCUT2D eigenvalue weighted by Gasteiger charge is 2.22. The van der Waals surface area contributed by atoms with Gasteiger partial charge in [0.25, 0.3) is 0 Å². The Kier molecular flexibility index (Phi) is 7.02. The summed E-state index contributed by atoms with van der Waals surface area (Å²) in [7, 11) is 0. The van der Waals surface area contributed by atoms with Crippen LogP contribution in [-0.2, 0) is 4.74 Å². The highest BCUT2D eigenvalue weighted by Crippen LogP contribution is 2.24. The molecule has 5 nitrogen and oxygen atoms in total. The predicted molar refractivity (Wildman–Crippen MR) is 96.0 cm³/mol. The van der Waals surface area contributed by atoms with E-state index in [2.05, 4.69) is 36.4 Å². The first-order chi connectivity index (χ1) is 10.5. The van der Waals surface area contributed by atoms with Crippen LogP contribution in [0.1, 0.15) is 63.2 Å². The highest BCUT2D eigenvalue weighted by molar-refractivity contribution is 7.11. The number of aromatic nitrogens is 1. The lowest BCUT2D eigenvalue weighted by atomic mass is 10.0. The van der Waals surface area contributed by atoms with Gasteiger partial charge >= 0.3 is 6.09 Å². The zero-order valence-electron chi connectivity index (χ0n) is 15.6. The van der Waals surface area contributed by atoms with Gasteiger partial charge in [-0.15, -0.1) is 11.3 Å². The molecule has 0 aromatic carbocycles. The third kappa shape index (κ3) is 6.87. The fourth-order valence-electron chi connectivity index (χ4n) is 2.26. The van der Waals surface area contributed by atoms with Crippen LogP contribution in [0.5, 0.6) is 0 Å². The lowest BCUT2D eigenvalue weighted by Gasteiger charge is -2.27. The van der Waals surface area contributed by atoms with Gasteiger partial charge in [0.15, 0.2) is 0 Å². The van der Waals surface area contributed by atoms with Crippen molar-refractivity contribution in [1.82, 2.24) is 15.6 Å². The second-order valence-corrected chi connectivity index (χ2v) is 8.54. The Morgan fingerprint density at radius 2 is 1.87 bits per heavy atom. The van der Waals surface area contributed by atoms with Crippen molar-refractivity contribution in [3.05, 3.63) is 15.6 Å². The number of hydrogen-bond acceptors (Lipinski definition) is 5. The van der Waals surface area contributed by atoms with E-state index in [1.165, 1.54) is 4.88 Å². The molecular formula is C17H31N3O2S. The van der Waals surface area contributed by atoms with Crippen molar-refractivity contribution in [2.45, 2.75) is 73.1 Å². The molecule has 0 saturated carbocycles. The number of nitrogens with zero attached hydrogens (tertiary/aromatic N) is 1. The first kappa shape index (κ1) is 19.9. The first-order valence-corrected chi connectivity index (χ1v) is 8.98. The number of thiazole rings is 1. The van der Waals surface area contributed by atoms with E-state index in [1.54, 1.807) is 11.3 Å². The molecule has 2 atom stereocenters. The summed E-state index contributed by atoms with van der Waals surface area (Å²) < 4.78 is 5.35. The first-order valence-electron chi connectivity index (χ1n) is 8.16. The van der Waals surface area contributed by atoms with Gasteiger partial charge in [-0.25, -0.2) is 9.78 Å². The van der Waals surface area contributed by atoms with Gasteiger partial charge in [0.05, 0.1) is 10.7 Å². The molecule has 1 rings (SSSR count). The van der Waals surface area contributed by atoms with E-state index in [4.69, 9.17) is 4.74 Å². The maximum absolute atomic E-state index is 12.0. The third-order valence-electron chi connectivity index (χ3n) is 3.48. The Morgan fingerprint density at radius 3 is 2.30 bits per heavy atom. The van der Waals surface area contributed by atoms with Crippen LogP contribution in [0, 0.1) is 19.8 Å². The highest BCUT2D eigenvalue weighted by atomic mass is 32.1. The Hall–Kier alpha value is -1.14. The van der Waals surface area contributed by atoms with E-state index in [0.717, 1.165) is 10.7 Å². The molecule has 1 heterocycles. The third-order valence-corrected chi connectivity index (χ3v) is 4.74. The zero-order chi connectivity index (χ0) is 17.8. The van der Waals surface area contributed by atoms with E-state index in [9.17, 15) is 4.79 Å². The standard InChI is InChI=1S/C17H31N3O2S/c1-10(2)14(20-16(21)22-17(6,7)8)9-18-11(3)15-12(4)19-13(5)23-15/h10-11,14,18H,9H2,1-8H3,(H,20,21). The number of nitrogens with one attached hydrogen (secondary N) is 2.